The van der Waals surface area contributed by atoms with Gasteiger partial charge in [-0.05, 0) is 61.5 Å². The first kappa shape index (κ1) is 17.5. The molecule has 6 nitrogen and oxygen atoms in total. The lowest BCUT2D eigenvalue weighted by Gasteiger charge is -2.11. The molecule has 1 amide bonds. The summed E-state index contributed by atoms with van der Waals surface area (Å²) in [7, 11) is 0. The summed E-state index contributed by atoms with van der Waals surface area (Å²) in [5, 5.41) is 14.8. The number of carboxylic acids is 1. The highest BCUT2D eigenvalue weighted by atomic mass is 16.4. The van der Waals surface area contributed by atoms with Gasteiger partial charge in [0, 0.05) is 17.6 Å². The molecule has 0 spiro atoms. The van der Waals surface area contributed by atoms with Gasteiger partial charge in [-0.25, -0.2) is 4.79 Å². The van der Waals surface area contributed by atoms with Gasteiger partial charge in [0.2, 0.25) is 0 Å². The van der Waals surface area contributed by atoms with Crippen molar-refractivity contribution in [2.45, 2.75) is 6.92 Å². The average Bonchev–Trinajstić information content (AvgIpc) is 3.29. The number of benzene rings is 2. The zero-order valence-corrected chi connectivity index (χ0v) is 15.1. The lowest BCUT2D eigenvalue weighted by Crippen LogP contribution is -2.21. The van der Waals surface area contributed by atoms with Crippen LogP contribution in [-0.4, -0.2) is 27.3 Å². The zero-order chi connectivity index (χ0) is 19.7. The second kappa shape index (κ2) is 7.00. The molecule has 0 saturated carbocycles. The SMILES string of the molecule is CC1=NN(c2ccccc2)C(=O)/C1=C/c1cccn1-c1ccc(C(=O)O)cc1. The highest BCUT2D eigenvalue weighted by molar-refractivity contribution is 6.32. The number of hydrazone groups is 1. The Hall–Kier alpha value is -3.93. The number of aromatic carboxylic acids is 1. The first-order chi connectivity index (χ1) is 13.5. The van der Waals surface area contributed by atoms with Crippen LogP contribution in [0.3, 0.4) is 0 Å². The second-order valence-corrected chi connectivity index (χ2v) is 6.35. The van der Waals surface area contributed by atoms with E-state index in [0.29, 0.717) is 11.3 Å². The Morgan fingerprint density at radius 1 is 0.964 bits per heavy atom. The predicted octanol–water partition coefficient (Wildman–Crippen LogP) is 3.98. The summed E-state index contributed by atoms with van der Waals surface area (Å²) < 4.78 is 1.89. The normalized spacial score (nSPS) is 15.2. The maximum Gasteiger partial charge on any atom is 0.335 e. The standard InChI is InChI=1S/C22H17N3O3/c1-15-20(21(26)25(23-15)18-6-3-2-4-7-18)14-19-8-5-13-24(19)17-11-9-16(10-12-17)22(27)28/h2-14H,1H3,(H,27,28)/b20-14+. The van der Waals surface area contributed by atoms with Crippen molar-refractivity contribution in [2.75, 3.05) is 5.01 Å². The number of rotatable bonds is 4. The van der Waals surface area contributed by atoms with E-state index in [0.717, 1.165) is 17.1 Å². The summed E-state index contributed by atoms with van der Waals surface area (Å²) in [5.41, 5.74) is 3.71. The Labute approximate surface area is 161 Å². The fourth-order valence-corrected chi connectivity index (χ4v) is 3.09. The third kappa shape index (κ3) is 3.12. The quantitative estimate of drug-likeness (QED) is 0.705. The van der Waals surface area contributed by atoms with Crippen LogP contribution >= 0.6 is 0 Å². The molecule has 0 aliphatic carbocycles. The number of carboxylic acid groups (broad SMARTS) is 1. The van der Waals surface area contributed by atoms with Crippen molar-refractivity contribution < 1.29 is 14.7 Å². The Balaban J connectivity index is 1.67. The molecule has 28 heavy (non-hydrogen) atoms. The van der Waals surface area contributed by atoms with Crippen molar-refractivity contribution in [3.8, 4) is 5.69 Å². The first-order valence-electron chi connectivity index (χ1n) is 8.72. The van der Waals surface area contributed by atoms with E-state index in [2.05, 4.69) is 5.10 Å². The number of aromatic nitrogens is 1. The minimum Gasteiger partial charge on any atom is -0.478 e. The molecular weight excluding hydrogens is 354 g/mol. The van der Waals surface area contributed by atoms with Crippen LogP contribution in [0.4, 0.5) is 5.69 Å². The minimum atomic E-state index is -0.967. The Morgan fingerprint density at radius 3 is 2.36 bits per heavy atom. The molecule has 2 heterocycles. The van der Waals surface area contributed by atoms with Crippen molar-refractivity contribution in [3.05, 3.63) is 89.8 Å². The summed E-state index contributed by atoms with van der Waals surface area (Å²) in [5.74, 6) is -1.15. The van der Waals surface area contributed by atoms with Crippen LogP contribution in [0, 0.1) is 0 Å². The van der Waals surface area contributed by atoms with Gasteiger partial charge in [-0.2, -0.15) is 10.1 Å². The predicted molar refractivity (Wildman–Crippen MR) is 108 cm³/mol. The largest absolute Gasteiger partial charge is 0.478 e. The van der Waals surface area contributed by atoms with Gasteiger partial charge in [-0.1, -0.05) is 18.2 Å². The molecular formula is C22H17N3O3. The smallest absolute Gasteiger partial charge is 0.335 e. The van der Waals surface area contributed by atoms with E-state index in [9.17, 15) is 9.59 Å². The minimum absolute atomic E-state index is 0.183. The second-order valence-electron chi connectivity index (χ2n) is 6.35. The molecule has 6 heteroatoms. The van der Waals surface area contributed by atoms with Gasteiger partial charge in [0.1, 0.15) is 0 Å². The number of anilines is 1. The maximum atomic E-state index is 12.9. The Bertz CT molecular complexity index is 1110. The molecule has 1 aliphatic heterocycles. The molecule has 2 aromatic carbocycles. The number of para-hydroxylation sites is 1. The van der Waals surface area contributed by atoms with Crippen LogP contribution in [0.5, 0.6) is 0 Å². The highest BCUT2D eigenvalue weighted by Gasteiger charge is 2.28. The highest BCUT2D eigenvalue weighted by Crippen LogP contribution is 2.25. The van der Waals surface area contributed by atoms with E-state index in [1.807, 2.05) is 60.2 Å². The lowest BCUT2D eigenvalue weighted by molar-refractivity contribution is -0.114. The summed E-state index contributed by atoms with van der Waals surface area (Å²) in [6.45, 7) is 1.81. The van der Waals surface area contributed by atoms with Gasteiger partial charge in [-0.15, -0.1) is 0 Å². The number of hydrogen-bond acceptors (Lipinski definition) is 3. The van der Waals surface area contributed by atoms with Crippen molar-refractivity contribution in [1.29, 1.82) is 0 Å². The fourth-order valence-electron chi connectivity index (χ4n) is 3.09. The molecule has 0 radical (unpaired) electrons. The van der Waals surface area contributed by atoms with E-state index < -0.39 is 5.97 Å². The van der Waals surface area contributed by atoms with Gasteiger partial charge in [-0.3, -0.25) is 4.79 Å². The van der Waals surface area contributed by atoms with Crippen molar-refractivity contribution >= 4 is 29.4 Å². The average molecular weight is 371 g/mol. The number of carbonyl (C=O) groups excluding carboxylic acids is 1. The topological polar surface area (TPSA) is 74.9 Å². The van der Waals surface area contributed by atoms with E-state index >= 15 is 0 Å². The molecule has 1 aromatic heterocycles. The van der Waals surface area contributed by atoms with Gasteiger partial charge in [0.25, 0.3) is 5.91 Å². The van der Waals surface area contributed by atoms with E-state index in [-0.39, 0.29) is 11.5 Å². The van der Waals surface area contributed by atoms with Crippen molar-refractivity contribution in [3.63, 3.8) is 0 Å². The molecule has 0 saturated heterocycles. The Kier molecular flexibility index (Phi) is 4.37. The van der Waals surface area contributed by atoms with E-state index in [4.69, 9.17) is 5.11 Å². The number of amides is 1. The van der Waals surface area contributed by atoms with Crippen LogP contribution in [0.1, 0.15) is 23.0 Å². The van der Waals surface area contributed by atoms with Crippen molar-refractivity contribution in [1.82, 2.24) is 4.57 Å². The van der Waals surface area contributed by atoms with Crippen LogP contribution in [0.25, 0.3) is 11.8 Å². The van der Waals surface area contributed by atoms with Crippen LogP contribution in [-0.2, 0) is 4.79 Å². The lowest BCUT2D eigenvalue weighted by atomic mass is 10.1. The third-order valence-corrected chi connectivity index (χ3v) is 4.53. The summed E-state index contributed by atoms with van der Waals surface area (Å²) >= 11 is 0. The first-order valence-corrected chi connectivity index (χ1v) is 8.72. The molecule has 3 aromatic rings. The number of nitrogens with zero attached hydrogens (tertiary/aromatic N) is 3. The van der Waals surface area contributed by atoms with E-state index in [1.165, 1.54) is 5.01 Å². The number of carbonyl (C=O) groups is 2. The molecule has 138 valence electrons. The third-order valence-electron chi connectivity index (χ3n) is 4.53. The van der Waals surface area contributed by atoms with Crippen molar-refractivity contribution in [2.24, 2.45) is 5.10 Å². The van der Waals surface area contributed by atoms with Gasteiger partial charge in [0.15, 0.2) is 0 Å². The van der Waals surface area contributed by atoms with Gasteiger partial charge >= 0.3 is 5.97 Å². The Morgan fingerprint density at radius 2 is 1.68 bits per heavy atom. The molecule has 0 unspecified atom stereocenters. The summed E-state index contributed by atoms with van der Waals surface area (Å²) in [6, 6.07) is 19.6. The van der Waals surface area contributed by atoms with Crippen LogP contribution in [0.2, 0.25) is 0 Å². The number of hydrogen-bond donors (Lipinski definition) is 1. The van der Waals surface area contributed by atoms with Gasteiger partial charge < -0.3 is 9.67 Å². The van der Waals surface area contributed by atoms with Crippen LogP contribution in [0.15, 0.2) is 83.6 Å². The molecule has 1 aliphatic rings. The van der Waals surface area contributed by atoms with E-state index in [1.54, 1.807) is 30.3 Å². The molecule has 0 fully saturated rings. The monoisotopic (exact) mass is 371 g/mol. The summed E-state index contributed by atoms with van der Waals surface area (Å²) in [4.78, 5) is 23.9. The molecule has 0 bridgehead atoms. The molecule has 1 N–H and O–H groups in total. The molecule has 4 rings (SSSR count). The summed E-state index contributed by atoms with van der Waals surface area (Å²) in [6.07, 6.45) is 3.66. The maximum absolute atomic E-state index is 12.9. The van der Waals surface area contributed by atoms with Crippen LogP contribution < -0.4 is 5.01 Å². The fraction of sp³-hybridized carbons (Fsp3) is 0.0455. The zero-order valence-electron chi connectivity index (χ0n) is 15.1. The van der Waals surface area contributed by atoms with Gasteiger partial charge in [0.05, 0.1) is 22.5 Å². The molecule has 0 atom stereocenters.